The number of hydrogen-bond acceptors (Lipinski definition) is 3. The van der Waals surface area contributed by atoms with Crippen molar-refractivity contribution in [2.24, 2.45) is 5.92 Å². The Morgan fingerprint density at radius 2 is 2.24 bits per heavy atom. The van der Waals surface area contributed by atoms with Gasteiger partial charge in [-0.2, -0.15) is 0 Å². The largest absolute Gasteiger partial charge is 0.490 e. The van der Waals surface area contributed by atoms with E-state index in [0.717, 1.165) is 17.7 Å². The van der Waals surface area contributed by atoms with Crippen LogP contribution in [-0.2, 0) is 11.2 Å². The summed E-state index contributed by atoms with van der Waals surface area (Å²) < 4.78 is 19.6. The summed E-state index contributed by atoms with van der Waals surface area (Å²) in [5, 5.41) is 8.87. The number of nitrogens with zero attached hydrogens (tertiary/aromatic N) is 1. The van der Waals surface area contributed by atoms with Gasteiger partial charge in [0.15, 0.2) is 0 Å². The Morgan fingerprint density at radius 3 is 2.92 bits per heavy atom. The molecule has 0 aromatic heterocycles. The Labute approximate surface area is 147 Å². The lowest BCUT2D eigenvalue weighted by Gasteiger charge is -2.42. The van der Waals surface area contributed by atoms with Gasteiger partial charge in [-0.05, 0) is 42.5 Å². The molecule has 1 fully saturated rings. The predicted molar refractivity (Wildman–Crippen MR) is 95.5 cm³/mol. The average molecular weight is 345 g/mol. The van der Waals surface area contributed by atoms with Gasteiger partial charge in [0.1, 0.15) is 12.4 Å². The van der Waals surface area contributed by atoms with E-state index in [9.17, 15) is 9.18 Å². The Morgan fingerprint density at radius 1 is 1.48 bits per heavy atom. The topological polar surface area (TPSA) is 49.8 Å². The van der Waals surface area contributed by atoms with Crippen LogP contribution in [0, 0.1) is 5.92 Å². The molecule has 0 unspecified atom stereocenters. The first kappa shape index (κ1) is 17.7. The van der Waals surface area contributed by atoms with Crippen molar-refractivity contribution >= 4 is 12.0 Å². The van der Waals surface area contributed by atoms with E-state index in [-0.39, 0.29) is 13.1 Å². The van der Waals surface area contributed by atoms with E-state index in [2.05, 4.69) is 25.1 Å². The molecule has 1 aliphatic carbocycles. The fraction of sp³-hybridized carbons (Fsp3) is 0.450. The number of allylic oxidation sites excluding steroid dienone is 1. The molecule has 134 valence electrons. The molecule has 5 heteroatoms. The number of carboxylic acid groups (broad SMARTS) is 1. The molecular weight excluding hydrogens is 321 g/mol. The molecule has 0 amide bonds. The number of rotatable bonds is 6. The molecule has 25 heavy (non-hydrogen) atoms. The van der Waals surface area contributed by atoms with Gasteiger partial charge in [-0.1, -0.05) is 36.8 Å². The third kappa shape index (κ3) is 3.76. The number of aliphatic carboxylic acids is 1. The van der Waals surface area contributed by atoms with Gasteiger partial charge in [-0.3, -0.25) is 4.90 Å². The van der Waals surface area contributed by atoms with Gasteiger partial charge in [-0.15, -0.1) is 0 Å². The zero-order chi connectivity index (χ0) is 18.0. The lowest BCUT2D eigenvalue weighted by Crippen LogP contribution is -2.63. The summed E-state index contributed by atoms with van der Waals surface area (Å²) in [5.41, 5.74) is 1.57. The molecule has 1 saturated heterocycles. The molecule has 4 nitrogen and oxygen atoms in total. The lowest BCUT2D eigenvalue weighted by molar-refractivity contribution is -0.163. The minimum absolute atomic E-state index is 0.0308. The Kier molecular flexibility index (Phi) is 4.95. The molecule has 0 spiro atoms. The molecule has 1 aliphatic heterocycles. The Bertz CT molecular complexity index is 720. The van der Waals surface area contributed by atoms with Crippen LogP contribution in [0.5, 0.6) is 5.75 Å². The van der Waals surface area contributed by atoms with Gasteiger partial charge in [0.2, 0.25) is 5.67 Å². The van der Waals surface area contributed by atoms with Gasteiger partial charge in [0.25, 0.3) is 0 Å². The van der Waals surface area contributed by atoms with E-state index in [1.54, 1.807) is 0 Å². The zero-order valence-electron chi connectivity index (χ0n) is 14.7. The maximum atomic E-state index is 13.9. The number of fused-ring (bicyclic) bond motifs is 1. The van der Waals surface area contributed by atoms with Gasteiger partial charge in [-0.25, -0.2) is 9.18 Å². The molecule has 1 heterocycles. The predicted octanol–water partition coefficient (Wildman–Crippen LogP) is 3.33. The van der Waals surface area contributed by atoms with Crippen LogP contribution in [-0.4, -0.2) is 47.9 Å². The highest BCUT2D eigenvalue weighted by Crippen LogP contribution is 2.34. The lowest BCUT2D eigenvalue weighted by atomic mass is 9.83. The first-order chi connectivity index (χ1) is 11.9. The molecule has 1 aromatic carbocycles. The average Bonchev–Trinajstić information content (AvgIpc) is 2.54. The summed E-state index contributed by atoms with van der Waals surface area (Å²) in [6.45, 7) is 5.25. The number of halogens is 1. The van der Waals surface area contributed by atoms with Crippen molar-refractivity contribution in [3.63, 3.8) is 0 Å². The summed E-state index contributed by atoms with van der Waals surface area (Å²) in [6, 6.07) is 6.11. The van der Waals surface area contributed by atoms with Crippen LogP contribution in [0.2, 0.25) is 0 Å². The smallest absolute Gasteiger partial charge is 0.344 e. The van der Waals surface area contributed by atoms with E-state index >= 15 is 0 Å². The number of carboxylic acids is 1. The normalized spacial score (nSPS) is 22.2. The standard InChI is InChI=1S/C20H24FNO3/c1-3-4-7-25-18-6-5-15-9-17(14(2)8-16(15)10-18)11-22-12-20(21,13-22)19(23)24/h3-6,9-10,14H,7-8,11-13H2,1-2H3,(H,23,24)/b4-3+/t14-/m1/s1. The molecule has 3 rings (SSSR count). The molecule has 2 aliphatic rings. The van der Waals surface area contributed by atoms with Crippen molar-refractivity contribution in [2.45, 2.75) is 25.9 Å². The van der Waals surface area contributed by atoms with Crippen LogP contribution in [0.1, 0.15) is 25.0 Å². The third-order valence-electron chi connectivity index (χ3n) is 4.93. The molecule has 0 saturated carbocycles. The summed E-state index contributed by atoms with van der Waals surface area (Å²) in [4.78, 5) is 12.7. The van der Waals surface area contributed by atoms with Gasteiger partial charge in [0, 0.05) is 19.6 Å². The summed E-state index contributed by atoms with van der Waals surface area (Å²) in [5.74, 6) is -0.143. The highest BCUT2D eigenvalue weighted by Gasteiger charge is 2.50. The zero-order valence-corrected chi connectivity index (χ0v) is 14.7. The van der Waals surface area contributed by atoms with E-state index in [4.69, 9.17) is 9.84 Å². The maximum absolute atomic E-state index is 13.9. The fourth-order valence-electron chi connectivity index (χ4n) is 3.40. The second-order valence-electron chi connectivity index (χ2n) is 6.98. The number of benzene rings is 1. The first-order valence-corrected chi connectivity index (χ1v) is 8.63. The summed E-state index contributed by atoms with van der Waals surface area (Å²) >= 11 is 0. The van der Waals surface area contributed by atoms with Crippen LogP contribution in [0.4, 0.5) is 4.39 Å². The number of carbonyl (C=O) groups is 1. The SMILES string of the molecule is C/C=C/COc1ccc2c(c1)C[C@@H](C)C(CN1CC(F)(C(=O)O)C1)=C2. The second-order valence-corrected chi connectivity index (χ2v) is 6.98. The third-order valence-corrected chi connectivity index (χ3v) is 4.93. The van der Waals surface area contributed by atoms with Crippen molar-refractivity contribution in [3.05, 3.63) is 47.1 Å². The van der Waals surface area contributed by atoms with Crippen molar-refractivity contribution in [3.8, 4) is 5.75 Å². The molecule has 1 N–H and O–H groups in total. The molecule has 0 bridgehead atoms. The van der Waals surface area contributed by atoms with Gasteiger partial charge >= 0.3 is 5.97 Å². The van der Waals surface area contributed by atoms with Gasteiger partial charge in [0.05, 0.1) is 0 Å². The van der Waals surface area contributed by atoms with Crippen LogP contribution in [0.25, 0.3) is 6.08 Å². The molecule has 1 atom stereocenters. The number of ether oxygens (including phenoxy) is 1. The Hall–Kier alpha value is -2.14. The second kappa shape index (κ2) is 7.00. The van der Waals surface area contributed by atoms with E-state index < -0.39 is 11.6 Å². The number of hydrogen-bond donors (Lipinski definition) is 1. The molecule has 1 aromatic rings. The minimum atomic E-state index is -2.07. The monoisotopic (exact) mass is 345 g/mol. The van der Waals surface area contributed by atoms with E-state index in [1.807, 2.05) is 30.0 Å². The molecular formula is C20H24FNO3. The molecule has 0 radical (unpaired) electrons. The van der Waals surface area contributed by atoms with Crippen LogP contribution in [0.3, 0.4) is 0 Å². The van der Waals surface area contributed by atoms with Crippen LogP contribution < -0.4 is 4.74 Å². The highest BCUT2D eigenvalue weighted by atomic mass is 19.1. The number of alkyl halides is 1. The first-order valence-electron chi connectivity index (χ1n) is 8.63. The van der Waals surface area contributed by atoms with Crippen molar-refractivity contribution in [2.75, 3.05) is 26.2 Å². The fourth-order valence-corrected chi connectivity index (χ4v) is 3.40. The van der Waals surface area contributed by atoms with Crippen molar-refractivity contribution in [1.82, 2.24) is 4.90 Å². The Balaban J connectivity index is 1.67. The van der Waals surface area contributed by atoms with E-state index in [1.165, 1.54) is 11.1 Å². The minimum Gasteiger partial charge on any atom is -0.490 e. The number of likely N-dealkylation sites (tertiary alicyclic amines) is 1. The quantitative estimate of drug-likeness (QED) is 0.804. The summed E-state index contributed by atoms with van der Waals surface area (Å²) in [7, 11) is 0. The van der Waals surface area contributed by atoms with Crippen LogP contribution >= 0.6 is 0 Å². The van der Waals surface area contributed by atoms with Crippen LogP contribution in [0.15, 0.2) is 35.9 Å². The summed E-state index contributed by atoms with van der Waals surface area (Å²) in [6.07, 6.45) is 6.99. The van der Waals surface area contributed by atoms with E-state index in [0.29, 0.717) is 19.1 Å². The van der Waals surface area contributed by atoms with Crippen molar-refractivity contribution in [1.29, 1.82) is 0 Å². The van der Waals surface area contributed by atoms with Crippen molar-refractivity contribution < 1.29 is 19.0 Å². The highest BCUT2D eigenvalue weighted by molar-refractivity contribution is 5.79. The maximum Gasteiger partial charge on any atom is 0.344 e. The van der Waals surface area contributed by atoms with Gasteiger partial charge < -0.3 is 9.84 Å².